The summed E-state index contributed by atoms with van der Waals surface area (Å²) in [5, 5.41) is 3.70. The van der Waals surface area contributed by atoms with E-state index in [1.807, 2.05) is 0 Å². The van der Waals surface area contributed by atoms with Crippen molar-refractivity contribution in [3.05, 3.63) is 30.1 Å². The van der Waals surface area contributed by atoms with Crippen molar-refractivity contribution in [3.63, 3.8) is 0 Å². The first-order valence-corrected chi connectivity index (χ1v) is 5.20. The average Bonchev–Trinajstić information content (AvgIpc) is 2.78. The van der Waals surface area contributed by atoms with E-state index in [1.165, 1.54) is 12.1 Å². The molecule has 0 aliphatic rings. The molecule has 0 radical (unpaired) electrons. The van der Waals surface area contributed by atoms with Gasteiger partial charge in [0, 0.05) is 5.56 Å². The number of benzene rings is 1. The van der Waals surface area contributed by atoms with Gasteiger partial charge in [-0.15, -0.1) is 0 Å². The first kappa shape index (κ1) is 12.4. The highest BCUT2D eigenvalue weighted by Crippen LogP contribution is 2.22. The fourth-order valence-corrected chi connectivity index (χ4v) is 1.32. The van der Waals surface area contributed by atoms with Gasteiger partial charge in [0.2, 0.25) is 0 Å². The van der Waals surface area contributed by atoms with Gasteiger partial charge in [0.05, 0.1) is 6.04 Å². The van der Waals surface area contributed by atoms with Crippen molar-refractivity contribution in [1.29, 1.82) is 0 Å². The number of nitrogens with zero attached hydrogens (tertiary/aromatic N) is 2. The van der Waals surface area contributed by atoms with Gasteiger partial charge in [-0.1, -0.05) is 5.16 Å². The van der Waals surface area contributed by atoms with Crippen LogP contribution in [0.3, 0.4) is 0 Å². The topological polar surface area (TPSA) is 74.2 Å². The van der Waals surface area contributed by atoms with Crippen molar-refractivity contribution in [2.75, 3.05) is 0 Å². The van der Waals surface area contributed by atoms with E-state index in [-0.39, 0.29) is 17.7 Å². The highest BCUT2D eigenvalue weighted by atomic mass is 19.3. The Labute approximate surface area is 102 Å². The molecule has 1 unspecified atom stereocenters. The summed E-state index contributed by atoms with van der Waals surface area (Å²) < 4.78 is 33.1. The molecule has 0 saturated carbocycles. The zero-order valence-corrected chi connectivity index (χ0v) is 9.51. The van der Waals surface area contributed by atoms with Gasteiger partial charge in [0.25, 0.3) is 5.89 Å². The molecule has 1 aromatic heterocycles. The smallest absolute Gasteiger partial charge is 0.387 e. The zero-order chi connectivity index (χ0) is 13.1. The number of rotatable bonds is 4. The lowest BCUT2D eigenvalue weighted by Gasteiger charge is -2.03. The second kappa shape index (κ2) is 5.09. The number of nitrogens with two attached hydrogens (primary N) is 1. The Hall–Kier alpha value is -2.02. The van der Waals surface area contributed by atoms with Crippen LogP contribution >= 0.6 is 0 Å². The van der Waals surface area contributed by atoms with Crippen molar-refractivity contribution >= 4 is 0 Å². The van der Waals surface area contributed by atoms with E-state index in [9.17, 15) is 8.78 Å². The quantitative estimate of drug-likeness (QED) is 0.907. The lowest BCUT2D eigenvalue weighted by Crippen LogP contribution is -2.06. The zero-order valence-electron chi connectivity index (χ0n) is 9.51. The maximum atomic E-state index is 12.0. The highest BCUT2D eigenvalue weighted by molar-refractivity contribution is 5.54. The summed E-state index contributed by atoms with van der Waals surface area (Å²) >= 11 is 0. The Morgan fingerprint density at radius 1 is 1.28 bits per heavy atom. The number of hydrogen-bond acceptors (Lipinski definition) is 5. The van der Waals surface area contributed by atoms with Gasteiger partial charge >= 0.3 is 6.61 Å². The molecule has 0 spiro atoms. The minimum atomic E-state index is -2.84. The third-order valence-electron chi connectivity index (χ3n) is 2.18. The molecule has 1 aromatic carbocycles. The Bertz CT molecular complexity index is 511. The van der Waals surface area contributed by atoms with E-state index in [1.54, 1.807) is 19.1 Å². The Morgan fingerprint density at radius 2 is 1.94 bits per heavy atom. The van der Waals surface area contributed by atoms with E-state index in [0.29, 0.717) is 11.4 Å². The number of alkyl halides is 2. The maximum absolute atomic E-state index is 12.0. The van der Waals surface area contributed by atoms with E-state index < -0.39 is 6.61 Å². The number of ether oxygens (including phenoxy) is 1. The molecule has 1 heterocycles. The van der Waals surface area contributed by atoms with Crippen LogP contribution in [0.1, 0.15) is 18.8 Å². The molecule has 2 rings (SSSR count). The predicted octanol–water partition coefficient (Wildman–Crippen LogP) is 2.36. The predicted molar refractivity (Wildman–Crippen MR) is 59.0 cm³/mol. The van der Waals surface area contributed by atoms with E-state index in [0.717, 1.165) is 0 Å². The molecule has 7 heteroatoms. The molecule has 0 bridgehead atoms. The van der Waals surface area contributed by atoms with Crippen LogP contribution in [0.2, 0.25) is 0 Å². The van der Waals surface area contributed by atoms with E-state index in [4.69, 9.17) is 10.3 Å². The van der Waals surface area contributed by atoms with Crippen LogP contribution in [0.5, 0.6) is 5.75 Å². The van der Waals surface area contributed by atoms with E-state index in [2.05, 4.69) is 14.9 Å². The summed E-state index contributed by atoms with van der Waals surface area (Å²) in [7, 11) is 0. The molecular weight excluding hydrogens is 244 g/mol. The summed E-state index contributed by atoms with van der Waals surface area (Å²) in [6, 6.07) is 5.57. The fourth-order valence-electron chi connectivity index (χ4n) is 1.32. The van der Waals surface area contributed by atoms with Crippen molar-refractivity contribution < 1.29 is 18.0 Å². The Balaban J connectivity index is 2.17. The first-order chi connectivity index (χ1) is 8.56. The second-order valence-corrected chi connectivity index (χ2v) is 3.65. The fraction of sp³-hybridized carbons (Fsp3) is 0.273. The average molecular weight is 255 g/mol. The van der Waals surface area contributed by atoms with Gasteiger partial charge in [-0.2, -0.15) is 13.8 Å². The van der Waals surface area contributed by atoms with Gasteiger partial charge in [-0.3, -0.25) is 0 Å². The van der Waals surface area contributed by atoms with Gasteiger partial charge in [-0.25, -0.2) is 0 Å². The standard InChI is InChI=1S/C11H11F2N3O2/c1-6(14)9-15-10(18-16-9)7-2-4-8(5-3-7)17-11(12)13/h2-6,11H,14H2,1H3. The van der Waals surface area contributed by atoms with Gasteiger partial charge in [0.15, 0.2) is 5.82 Å². The number of hydrogen-bond donors (Lipinski definition) is 1. The van der Waals surface area contributed by atoms with Gasteiger partial charge < -0.3 is 15.0 Å². The lowest BCUT2D eigenvalue weighted by molar-refractivity contribution is -0.0498. The Kier molecular flexibility index (Phi) is 3.52. The largest absolute Gasteiger partial charge is 0.435 e. The molecule has 0 aliphatic heterocycles. The molecule has 5 nitrogen and oxygen atoms in total. The van der Waals surface area contributed by atoms with Crippen molar-refractivity contribution in [3.8, 4) is 17.2 Å². The molecule has 2 aromatic rings. The van der Waals surface area contributed by atoms with Crippen LogP contribution in [-0.2, 0) is 0 Å². The van der Waals surface area contributed by atoms with Gasteiger partial charge in [0.1, 0.15) is 5.75 Å². The first-order valence-electron chi connectivity index (χ1n) is 5.20. The highest BCUT2D eigenvalue weighted by Gasteiger charge is 2.12. The summed E-state index contributed by atoms with van der Waals surface area (Å²) in [6.07, 6.45) is 0. The molecular formula is C11H11F2N3O2. The number of aromatic nitrogens is 2. The minimum Gasteiger partial charge on any atom is -0.435 e. The van der Waals surface area contributed by atoms with Crippen LogP contribution in [-0.4, -0.2) is 16.8 Å². The summed E-state index contributed by atoms with van der Waals surface area (Å²) in [5.74, 6) is 0.740. The molecule has 2 N–H and O–H groups in total. The SMILES string of the molecule is CC(N)c1noc(-c2ccc(OC(F)F)cc2)n1. The second-order valence-electron chi connectivity index (χ2n) is 3.65. The van der Waals surface area contributed by atoms with Crippen molar-refractivity contribution in [2.45, 2.75) is 19.6 Å². The third-order valence-corrected chi connectivity index (χ3v) is 2.18. The third kappa shape index (κ3) is 2.80. The molecule has 18 heavy (non-hydrogen) atoms. The molecule has 1 atom stereocenters. The maximum Gasteiger partial charge on any atom is 0.387 e. The number of halogens is 2. The van der Waals surface area contributed by atoms with Crippen LogP contribution in [0, 0.1) is 0 Å². The van der Waals surface area contributed by atoms with Gasteiger partial charge in [-0.05, 0) is 31.2 Å². The van der Waals surface area contributed by atoms with Crippen LogP contribution in [0.25, 0.3) is 11.5 Å². The lowest BCUT2D eigenvalue weighted by atomic mass is 10.2. The minimum absolute atomic E-state index is 0.0701. The summed E-state index contributed by atoms with van der Waals surface area (Å²) in [6.45, 7) is -1.11. The molecule has 0 fully saturated rings. The van der Waals surface area contributed by atoms with Crippen molar-refractivity contribution in [2.24, 2.45) is 5.73 Å². The van der Waals surface area contributed by atoms with E-state index >= 15 is 0 Å². The molecule has 0 aliphatic carbocycles. The normalized spacial score (nSPS) is 12.7. The Morgan fingerprint density at radius 3 is 2.44 bits per heavy atom. The molecule has 0 saturated heterocycles. The molecule has 96 valence electrons. The van der Waals surface area contributed by atoms with Crippen molar-refractivity contribution in [1.82, 2.24) is 10.1 Å². The summed E-state index contributed by atoms with van der Waals surface area (Å²) in [5.41, 5.74) is 6.20. The monoisotopic (exact) mass is 255 g/mol. The molecule has 0 amide bonds. The van der Waals surface area contributed by atoms with Crippen LogP contribution in [0.4, 0.5) is 8.78 Å². The van der Waals surface area contributed by atoms with Crippen LogP contribution < -0.4 is 10.5 Å². The summed E-state index contributed by atoms with van der Waals surface area (Å²) in [4.78, 5) is 4.08. The van der Waals surface area contributed by atoms with Crippen LogP contribution in [0.15, 0.2) is 28.8 Å².